The van der Waals surface area contributed by atoms with Gasteiger partial charge in [0, 0.05) is 6.07 Å². The zero-order valence-corrected chi connectivity index (χ0v) is 9.08. The Labute approximate surface area is 98.5 Å². The Morgan fingerprint density at radius 2 is 2.12 bits per heavy atom. The Morgan fingerprint density at radius 1 is 1.29 bits per heavy atom. The van der Waals surface area contributed by atoms with Crippen LogP contribution in [0.15, 0.2) is 47.0 Å². The predicted octanol–water partition coefficient (Wildman–Crippen LogP) is 2.47. The highest BCUT2D eigenvalue weighted by Crippen LogP contribution is 2.14. The van der Waals surface area contributed by atoms with E-state index in [0.717, 1.165) is 5.56 Å². The van der Waals surface area contributed by atoms with Gasteiger partial charge in [-0.05, 0) is 22.9 Å². The number of hydrogen-bond donors (Lipinski definition) is 0. The molecule has 4 nitrogen and oxygen atoms in total. The maximum atomic E-state index is 10.1. The summed E-state index contributed by atoms with van der Waals surface area (Å²) in [7, 11) is 0. The van der Waals surface area contributed by atoms with Crippen molar-refractivity contribution in [3.8, 4) is 5.88 Å². The smallest absolute Gasteiger partial charge is 0.255 e. The van der Waals surface area contributed by atoms with E-state index in [1.165, 1.54) is 12.2 Å². The van der Waals surface area contributed by atoms with Gasteiger partial charge in [-0.3, -0.25) is 4.79 Å². The minimum absolute atomic E-state index is 0.402. The molecule has 17 heavy (non-hydrogen) atoms. The van der Waals surface area contributed by atoms with E-state index in [1.807, 2.05) is 30.3 Å². The first kappa shape index (κ1) is 11.1. The minimum atomic E-state index is 0.402. The number of aromatic nitrogens is 1. The summed E-state index contributed by atoms with van der Waals surface area (Å²) in [5.74, 6) is 0.888. The van der Waals surface area contributed by atoms with E-state index in [0.29, 0.717) is 24.5 Å². The molecule has 2 aromatic rings. The molecule has 1 aromatic heterocycles. The number of benzene rings is 1. The monoisotopic (exact) mass is 229 g/mol. The molecular formula is C13H11NO3. The molecule has 0 N–H and O–H groups in total. The Kier molecular flexibility index (Phi) is 3.70. The van der Waals surface area contributed by atoms with E-state index < -0.39 is 0 Å². The van der Waals surface area contributed by atoms with E-state index in [2.05, 4.69) is 5.16 Å². The van der Waals surface area contributed by atoms with Crippen LogP contribution in [0.2, 0.25) is 0 Å². The van der Waals surface area contributed by atoms with Gasteiger partial charge in [0.25, 0.3) is 5.88 Å². The molecule has 1 aromatic carbocycles. The van der Waals surface area contributed by atoms with Crippen molar-refractivity contribution in [1.29, 1.82) is 0 Å². The molecule has 0 saturated carbocycles. The highest BCUT2D eigenvalue weighted by atomic mass is 16.5. The largest absolute Gasteiger partial charge is 0.471 e. The molecule has 1 heterocycles. The van der Waals surface area contributed by atoms with Crippen LogP contribution in [0.1, 0.15) is 11.3 Å². The molecule has 0 radical (unpaired) electrons. The van der Waals surface area contributed by atoms with E-state index in [4.69, 9.17) is 9.26 Å². The first-order chi connectivity index (χ1) is 8.38. The van der Waals surface area contributed by atoms with Crippen molar-refractivity contribution in [3.05, 3.63) is 53.8 Å². The average molecular weight is 229 g/mol. The van der Waals surface area contributed by atoms with Gasteiger partial charge in [-0.15, -0.1) is 0 Å². The lowest BCUT2D eigenvalue weighted by atomic mass is 10.2. The molecule has 0 aliphatic rings. The molecule has 0 spiro atoms. The maximum Gasteiger partial charge on any atom is 0.255 e. The Balaban J connectivity index is 1.93. The summed E-state index contributed by atoms with van der Waals surface area (Å²) >= 11 is 0. The highest BCUT2D eigenvalue weighted by molar-refractivity contribution is 5.72. The van der Waals surface area contributed by atoms with Crippen LogP contribution in [-0.4, -0.2) is 11.4 Å². The summed E-state index contributed by atoms with van der Waals surface area (Å²) in [5, 5.41) is 3.72. The number of carbonyl (C=O) groups excluding carboxylic acids is 1. The van der Waals surface area contributed by atoms with Crippen LogP contribution in [0.25, 0.3) is 6.08 Å². The van der Waals surface area contributed by atoms with Gasteiger partial charge in [0.2, 0.25) is 0 Å². The number of rotatable bonds is 5. The Hall–Kier alpha value is -2.36. The van der Waals surface area contributed by atoms with Gasteiger partial charge in [0.15, 0.2) is 5.76 Å². The van der Waals surface area contributed by atoms with Gasteiger partial charge in [0.1, 0.15) is 12.9 Å². The Bertz CT molecular complexity index is 502. The SMILES string of the molecule is O=CC=Cc1cc(OCc2ccccc2)no1. The fourth-order valence-electron chi connectivity index (χ4n) is 1.28. The first-order valence-electron chi connectivity index (χ1n) is 5.14. The van der Waals surface area contributed by atoms with Crippen LogP contribution in [0, 0.1) is 0 Å². The zero-order valence-electron chi connectivity index (χ0n) is 9.08. The van der Waals surface area contributed by atoms with Crippen molar-refractivity contribution in [2.24, 2.45) is 0 Å². The van der Waals surface area contributed by atoms with Gasteiger partial charge in [0.05, 0.1) is 0 Å². The molecule has 0 amide bonds. The highest BCUT2D eigenvalue weighted by Gasteiger charge is 2.02. The minimum Gasteiger partial charge on any atom is -0.471 e. The standard InChI is InChI=1S/C13H11NO3/c15-8-4-7-12-9-13(14-17-12)16-10-11-5-2-1-3-6-11/h1-9H,10H2. The molecule has 4 heteroatoms. The van der Waals surface area contributed by atoms with Crippen LogP contribution >= 0.6 is 0 Å². The third-order valence-electron chi connectivity index (χ3n) is 2.08. The van der Waals surface area contributed by atoms with Gasteiger partial charge < -0.3 is 9.26 Å². The van der Waals surface area contributed by atoms with E-state index in [-0.39, 0.29) is 0 Å². The number of carbonyl (C=O) groups is 1. The summed E-state index contributed by atoms with van der Waals surface area (Å²) in [5.41, 5.74) is 1.06. The number of ether oxygens (including phenoxy) is 1. The summed E-state index contributed by atoms with van der Waals surface area (Å²) in [4.78, 5) is 10.1. The second kappa shape index (κ2) is 5.65. The molecule has 2 rings (SSSR count). The predicted molar refractivity (Wildman–Crippen MR) is 62.4 cm³/mol. The number of allylic oxidation sites excluding steroid dienone is 1. The number of hydrogen-bond acceptors (Lipinski definition) is 4. The molecule has 0 unspecified atom stereocenters. The lowest BCUT2D eigenvalue weighted by Gasteiger charge is -2.00. The van der Waals surface area contributed by atoms with Crippen LogP contribution in [0.5, 0.6) is 5.88 Å². The molecule has 0 atom stereocenters. The van der Waals surface area contributed by atoms with Crippen molar-refractivity contribution >= 4 is 12.4 Å². The third-order valence-corrected chi connectivity index (χ3v) is 2.08. The fraction of sp³-hybridized carbons (Fsp3) is 0.0769. The molecule has 0 aliphatic carbocycles. The van der Waals surface area contributed by atoms with E-state index in [1.54, 1.807) is 6.07 Å². The lowest BCUT2D eigenvalue weighted by molar-refractivity contribution is -0.104. The Morgan fingerprint density at radius 3 is 2.88 bits per heavy atom. The quantitative estimate of drug-likeness (QED) is 0.583. The molecule has 0 bridgehead atoms. The van der Waals surface area contributed by atoms with Crippen LogP contribution < -0.4 is 4.74 Å². The second-order valence-corrected chi connectivity index (χ2v) is 3.34. The van der Waals surface area contributed by atoms with Crippen molar-refractivity contribution in [1.82, 2.24) is 5.16 Å². The van der Waals surface area contributed by atoms with E-state index >= 15 is 0 Å². The van der Waals surface area contributed by atoms with Crippen LogP contribution in [0.4, 0.5) is 0 Å². The molecule has 86 valence electrons. The fourth-order valence-corrected chi connectivity index (χ4v) is 1.28. The first-order valence-corrected chi connectivity index (χ1v) is 5.14. The normalized spacial score (nSPS) is 10.6. The zero-order chi connectivity index (χ0) is 11.9. The van der Waals surface area contributed by atoms with Crippen LogP contribution in [-0.2, 0) is 11.4 Å². The second-order valence-electron chi connectivity index (χ2n) is 3.34. The third kappa shape index (κ3) is 3.31. The molecule has 0 saturated heterocycles. The summed E-state index contributed by atoms with van der Waals surface area (Å²) in [6.07, 6.45) is 3.53. The molecule has 0 fully saturated rings. The van der Waals surface area contributed by atoms with Crippen molar-refractivity contribution < 1.29 is 14.1 Å². The van der Waals surface area contributed by atoms with Crippen molar-refractivity contribution in [2.75, 3.05) is 0 Å². The summed E-state index contributed by atoms with van der Waals surface area (Å²) < 4.78 is 10.4. The topological polar surface area (TPSA) is 52.3 Å². The maximum absolute atomic E-state index is 10.1. The number of nitrogens with zero attached hydrogens (tertiary/aromatic N) is 1. The van der Waals surface area contributed by atoms with Gasteiger partial charge in [-0.25, -0.2) is 0 Å². The lowest BCUT2D eigenvalue weighted by Crippen LogP contribution is -1.94. The van der Waals surface area contributed by atoms with Crippen LogP contribution in [0.3, 0.4) is 0 Å². The van der Waals surface area contributed by atoms with Gasteiger partial charge in [-0.2, -0.15) is 0 Å². The van der Waals surface area contributed by atoms with Gasteiger partial charge in [-0.1, -0.05) is 30.3 Å². The summed E-state index contributed by atoms with van der Waals surface area (Å²) in [6, 6.07) is 11.4. The molecule has 0 aliphatic heterocycles. The van der Waals surface area contributed by atoms with Crippen molar-refractivity contribution in [2.45, 2.75) is 6.61 Å². The van der Waals surface area contributed by atoms with Crippen molar-refractivity contribution in [3.63, 3.8) is 0 Å². The molecular weight excluding hydrogens is 218 g/mol. The number of aldehydes is 1. The van der Waals surface area contributed by atoms with E-state index in [9.17, 15) is 4.79 Å². The average Bonchev–Trinajstić information content (AvgIpc) is 2.83. The summed E-state index contributed by atoms with van der Waals surface area (Å²) in [6.45, 7) is 0.435. The van der Waals surface area contributed by atoms with Gasteiger partial charge >= 0.3 is 0 Å².